The van der Waals surface area contributed by atoms with E-state index in [9.17, 15) is 9.90 Å². The Morgan fingerprint density at radius 2 is 1.72 bits per heavy atom. The van der Waals surface area contributed by atoms with Crippen LogP contribution in [0.4, 0.5) is 0 Å². The third kappa shape index (κ3) is 3.58. The minimum absolute atomic E-state index is 0.114. The molecule has 4 nitrogen and oxygen atoms in total. The van der Waals surface area contributed by atoms with Gasteiger partial charge in [-0.2, -0.15) is 0 Å². The van der Waals surface area contributed by atoms with E-state index >= 15 is 0 Å². The second-order valence-corrected chi connectivity index (χ2v) is 13.1. The van der Waals surface area contributed by atoms with E-state index in [0.717, 1.165) is 43.6 Å². The quantitative estimate of drug-likeness (QED) is 0.566. The third-order valence-electron chi connectivity index (χ3n) is 11.7. The summed E-state index contributed by atoms with van der Waals surface area (Å²) in [6, 6.07) is 0.263. The lowest BCUT2D eigenvalue weighted by atomic mass is 9.44. The Morgan fingerprint density at radius 3 is 2.44 bits per heavy atom. The van der Waals surface area contributed by atoms with Crippen molar-refractivity contribution in [3.05, 3.63) is 0 Å². The largest absolute Gasteiger partial charge is 0.463 e. The lowest BCUT2D eigenvalue weighted by Gasteiger charge is -2.62. The maximum atomic E-state index is 11.9. The van der Waals surface area contributed by atoms with Crippen LogP contribution in [0.25, 0.3) is 0 Å². The molecule has 0 radical (unpaired) electrons. The molecule has 0 aromatic heterocycles. The summed E-state index contributed by atoms with van der Waals surface area (Å²) < 4.78 is 5.64. The van der Waals surface area contributed by atoms with Crippen LogP contribution in [0.3, 0.4) is 0 Å². The Balaban J connectivity index is 1.33. The van der Waals surface area contributed by atoms with Crippen molar-refractivity contribution in [2.24, 2.45) is 40.4 Å². The van der Waals surface area contributed by atoms with Crippen molar-refractivity contribution in [1.82, 2.24) is 5.32 Å². The van der Waals surface area contributed by atoms with E-state index in [4.69, 9.17) is 4.74 Å². The highest BCUT2D eigenvalue weighted by molar-refractivity contribution is 5.66. The molecule has 4 heteroatoms. The predicted molar refractivity (Wildman–Crippen MR) is 127 cm³/mol. The minimum atomic E-state index is -0.597. The van der Waals surface area contributed by atoms with Crippen LogP contribution in [0.15, 0.2) is 0 Å². The molecule has 10 atom stereocenters. The summed E-state index contributed by atoms with van der Waals surface area (Å²) in [6.07, 6.45) is 14.9. The van der Waals surface area contributed by atoms with Crippen LogP contribution in [0, 0.1) is 40.4 Å². The first-order valence-corrected chi connectivity index (χ1v) is 13.8. The van der Waals surface area contributed by atoms with Gasteiger partial charge in [-0.3, -0.25) is 4.79 Å². The molecule has 0 aromatic rings. The fourth-order valence-corrected chi connectivity index (χ4v) is 10.1. The number of carbonyl (C=O) groups excluding carboxylic acids is 1. The normalized spacial score (nSPS) is 50.5. The van der Waals surface area contributed by atoms with E-state index in [1.54, 1.807) is 6.92 Å². The Labute approximate surface area is 195 Å². The van der Waals surface area contributed by atoms with Crippen molar-refractivity contribution >= 4 is 5.97 Å². The first kappa shape index (κ1) is 23.1. The third-order valence-corrected chi connectivity index (χ3v) is 11.7. The zero-order valence-electron chi connectivity index (χ0n) is 21.0. The van der Waals surface area contributed by atoms with Crippen molar-refractivity contribution in [2.45, 2.75) is 122 Å². The average Bonchev–Trinajstić information content (AvgIpc) is 3.12. The van der Waals surface area contributed by atoms with Crippen molar-refractivity contribution in [1.29, 1.82) is 0 Å². The molecule has 1 aliphatic heterocycles. The number of fused-ring (bicyclic) bond motifs is 5. The maximum Gasteiger partial charge on any atom is 0.302 e. The second-order valence-electron chi connectivity index (χ2n) is 13.1. The van der Waals surface area contributed by atoms with Crippen molar-refractivity contribution in [3.63, 3.8) is 0 Å². The molecular weight excluding hydrogens is 398 g/mol. The first-order valence-electron chi connectivity index (χ1n) is 13.8. The molecule has 0 bridgehead atoms. The van der Waals surface area contributed by atoms with Gasteiger partial charge >= 0.3 is 5.97 Å². The highest BCUT2D eigenvalue weighted by atomic mass is 16.5. The monoisotopic (exact) mass is 445 g/mol. The molecular formula is C28H47NO3. The van der Waals surface area contributed by atoms with Crippen LogP contribution in [0.1, 0.15) is 105 Å². The van der Waals surface area contributed by atoms with Gasteiger partial charge in [-0.1, -0.05) is 20.3 Å². The summed E-state index contributed by atoms with van der Waals surface area (Å²) in [5, 5.41) is 15.6. The van der Waals surface area contributed by atoms with Gasteiger partial charge in [0.25, 0.3) is 0 Å². The van der Waals surface area contributed by atoms with Crippen LogP contribution in [0.2, 0.25) is 0 Å². The van der Waals surface area contributed by atoms with E-state index in [-0.39, 0.29) is 23.5 Å². The van der Waals surface area contributed by atoms with Gasteiger partial charge < -0.3 is 15.2 Å². The average molecular weight is 446 g/mol. The molecule has 5 rings (SSSR count). The molecule has 0 aromatic carbocycles. The van der Waals surface area contributed by atoms with Gasteiger partial charge in [-0.15, -0.1) is 0 Å². The molecule has 1 saturated heterocycles. The maximum absolute atomic E-state index is 11.9. The van der Waals surface area contributed by atoms with Gasteiger partial charge in [0.1, 0.15) is 6.10 Å². The molecule has 32 heavy (non-hydrogen) atoms. The molecule has 0 amide bonds. The Morgan fingerprint density at radius 1 is 0.969 bits per heavy atom. The van der Waals surface area contributed by atoms with Gasteiger partial charge in [0.2, 0.25) is 0 Å². The number of esters is 1. The van der Waals surface area contributed by atoms with Crippen LogP contribution in [-0.4, -0.2) is 35.4 Å². The number of piperidine rings is 1. The first-order chi connectivity index (χ1) is 15.2. The zero-order chi connectivity index (χ0) is 22.7. The smallest absolute Gasteiger partial charge is 0.302 e. The van der Waals surface area contributed by atoms with Gasteiger partial charge in [-0.05, 0) is 125 Å². The minimum Gasteiger partial charge on any atom is -0.463 e. The highest BCUT2D eigenvalue weighted by Gasteiger charge is 2.63. The summed E-state index contributed by atoms with van der Waals surface area (Å²) >= 11 is 0. The summed E-state index contributed by atoms with van der Waals surface area (Å²) in [4.78, 5) is 11.5. The van der Waals surface area contributed by atoms with E-state index in [1.165, 1.54) is 57.8 Å². The molecule has 4 saturated carbocycles. The number of nitrogens with one attached hydrogen (secondary N) is 1. The summed E-state index contributed by atoms with van der Waals surface area (Å²) in [7, 11) is 0. The topological polar surface area (TPSA) is 58.6 Å². The van der Waals surface area contributed by atoms with Crippen molar-refractivity contribution < 1.29 is 14.6 Å². The van der Waals surface area contributed by atoms with Crippen LogP contribution in [-0.2, 0) is 9.53 Å². The Hall–Kier alpha value is -0.610. The molecule has 5 unspecified atom stereocenters. The predicted octanol–water partition coefficient (Wildman–Crippen LogP) is 5.47. The van der Waals surface area contributed by atoms with Crippen LogP contribution >= 0.6 is 0 Å². The number of ether oxygens (including phenoxy) is 1. The molecule has 4 aliphatic carbocycles. The van der Waals surface area contributed by atoms with Gasteiger partial charge in [-0.25, -0.2) is 0 Å². The number of hydrogen-bond acceptors (Lipinski definition) is 4. The van der Waals surface area contributed by atoms with Crippen LogP contribution in [0.5, 0.6) is 0 Å². The molecule has 5 aliphatic rings. The second kappa shape index (κ2) is 8.26. The van der Waals surface area contributed by atoms with Gasteiger partial charge in [0, 0.05) is 13.0 Å². The van der Waals surface area contributed by atoms with Crippen molar-refractivity contribution in [2.75, 3.05) is 6.54 Å². The molecule has 5 fully saturated rings. The lowest BCUT2D eigenvalue weighted by molar-refractivity contribution is -0.165. The van der Waals surface area contributed by atoms with Crippen LogP contribution < -0.4 is 5.32 Å². The summed E-state index contributed by atoms with van der Waals surface area (Å²) in [5.41, 5.74) is 0.0916. The number of aliphatic hydroxyl groups is 1. The number of rotatable bonds is 3. The lowest BCUT2D eigenvalue weighted by Crippen LogP contribution is -2.60. The Bertz CT molecular complexity index is 715. The van der Waals surface area contributed by atoms with Crippen molar-refractivity contribution in [3.8, 4) is 0 Å². The standard InChI is InChI=1S/C28H47NO3/c1-18(30)32-20-12-14-26(2)19(17-20)8-9-21-22-10-11-24(27(22,3)15-13-23(21)26)28(4,31)25-7-5-6-16-29-25/h19-25,29,31H,5-17H2,1-4H3/t19?,20?,21-,22-,23-,24?,25?,26-,27-,28?/m0/s1. The van der Waals surface area contributed by atoms with E-state index < -0.39 is 5.60 Å². The SMILES string of the molecule is CC(=O)OC1CC[C@@]2(C)C(CC[C@@H]3[C@@H]2CC[C@]2(C)C(C(C)(O)C4CCCCN4)CC[C@@H]32)C1. The summed E-state index contributed by atoms with van der Waals surface area (Å²) in [5.74, 6) is 3.41. The Kier molecular flexibility index (Phi) is 5.97. The zero-order valence-corrected chi connectivity index (χ0v) is 21.0. The van der Waals surface area contributed by atoms with Gasteiger partial charge in [0.15, 0.2) is 0 Å². The fourth-order valence-electron chi connectivity index (χ4n) is 10.1. The van der Waals surface area contributed by atoms with E-state index in [2.05, 4.69) is 26.1 Å². The molecule has 2 N–H and O–H groups in total. The van der Waals surface area contributed by atoms with Gasteiger partial charge in [0.05, 0.1) is 5.60 Å². The van der Waals surface area contributed by atoms with E-state index in [1.807, 2.05) is 0 Å². The highest BCUT2D eigenvalue weighted by Crippen LogP contribution is 2.68. The molecule has 0 spiro atoms. The molecule has 1 heterocycles. The fraction of sp³-hybridized carbons (Fsp3) is 0.964. The molecule has 182 valence electrons. The number of carbonyl (C=O) groups is 1. The summed E-state index contributed by atoms with van der Waals surface area (Å²) in [6.45, 7) is 9.91. The van der Waals surface area contributed by atoms with E-state index in [0.29, 0.717) is 17.3 Å². The number of hydrogen-bond donors (Lipinski definition) is 2.